The molecular weight excluding hydrogens is 446 g/mol. The second-order valence-corrected chi connectivity index (χ2v) is 11.3. The quantitative estimate of drug-likeness (QED) is 0.310. The highest BCUT2D eigenvalue weighted by atomic mass is 32.2. The van der Waals surface area contributed by atoms with E-state index in [0.717, 1.165) is 59.3 Å². The van der Waals surface area contributed by atoms with Gasteiger partial charge < -0.3 is 4.90 Å². The number of quaternary nitrogens is 1. The molecule has 1 N–H and O–H groups in total. The Morgan fingerprint density at radius 2 is 1.82 bits per heavy atom. The number of hydrogen-bond acceptors (Lipinski definition) is 4. The van der Waals surface area contributed by atoms with Crippen LogP contribution in [0.1, 0.15) is 36.3 Å². The van der Waals surface area contributed by atoms with Crippen LogP contribution in [0.5, 0.6) is 0 Å². The predicted molar refractivity (Wildman–Crippen MR) is 139 cm³/mol. The molecule has 0 saturated heterocycles. The molecule has 0 saturated carbocycles. The number of nitrogens with one attached hydrogen (secondary N) is 1. The van der Waals surface area contributed by atoms with Crippen molar-refractivity contribution < 1.29 is 4.90 Å². The van der Waals surface area contributed by atoms with E-state index in [-0.39, 0.29) is 5.56 Å². The van der Waals surface area contributed by atoms with E-state index < -0.39 is 0 Å². The highest BCUT2D eigenvalue weighted by molar-refractivity contribution is 7.99. The minimum atomic E-state index is 0.0854. The average molecular weight is 477 g/mol. The molecule has 4 nitrogen and oxygen atoms in total. The number of hydrogen-bond donors (Lipinski definition) is 1. The van der Waals surface area contributed by atoms with Crippen LogP contribution in [0.25, 0.3) is 15.9 Å². The highest BCUT2D eigenvalue weighted by Crippen LogP contribution is 2.32. The first kappa shape index (κ1) is 22.4. The summed E-state index contributed by atoms with van der Waals surface area (Å²) in [5.74, 6) is 1.59. The Balaban J connectivity index is 1.53. The standard InChI is InChI=1S/C27H29N3OS2/c1-19(2)14-16-32-27-28-25-24(26(31)30(27)21-11-7-4-8-12-21)22-13-15-29(18-23(22)33-25)17-20-9-5-3-6-10-20/h3-12,19H,13-18H2,1-2H3/p+1. The number of nitrogens with zero attached hydrogens (tertiary/aromatic N) is 2. The van der Waals surface area contributed by atoms with Gasteiger partial charge >= 0.3 is 0 Å². The Bertz CT molecular complexity index is 1300. The Morgan fingerprint density at radius 3 is 2.55 bits per heavy atom. The van der Waals surface area contributed by atoms with Crippen molar-refractivity contribution in [2.45, 2.75) is 44.9 Å². The van der Waals surface area contributed by atoms with E-state index >= 15 is 0 Å². The summed E-state index contributed by atoms with van der Waals surface area (Å²) >= 11 is 3.43. The molecule has 6 heteroatoms. The van der Waals surface area contributed by atoms with Crippen LogP contribution in [0.3, 0.4) is 0 Å². The Labute approximate surface area is 203 Å². The smallest absolute Gasteiger partial charge is 0.267 e. The number of para-hydroxylation sites is 1. The first-order valence-corrected chi connectivity index (χ1v) is 13.5. The monoisotopic (exact) mass is 476 g/mol. The third-order valence-corrected chi connectivity index (χ3v) is 8.35. The van der Waals surface area contributed by atoms with Crippen LogP contribution < -0.4 is 10.5 Å². The molecule has 1 unspecified atom stereocenters. The molecule has 3 heterocycles. The van der Waals surface area contributed by atoms with Gasteiger partial charge in [-0.15, -0.1) is 11.3 Å². The number of benzene rings is 2. The number of aromatic nitrogens is 2. The van der Waals surface area contributed by atoms with Crippen molar-refractivity contribution in [2.24, 2.45) is 5.92 Å². The molecule has 0 radical (unpaired) electrons. The predicted octanol–water partition coefficient (Wildman–Crippen LogP) is 4.73. The molecule has 0 aliphatic carbocycles. The summed E-state index contributed by atoms with van der Waals surface area (Å²) in [6, 6.07) is 20.7. The third-order valence-electron chi connectivity index (χ3n) is 6.25. The zero-order valence-corrected chi connectivity index (χ0v) is 20.8. The molecule has 0 fully saturated rings. The fraction of sp³-hybridized carbons (Fsp3) is 0.333. The van der Waals surface area contributed by atoms with Gasteiger partial charge in [0.05, 0.1) is 22.5 Å². The summed E-state index contributed by atoms with van der Waals surface area (Å²) in [7, 11) is 0. The van der Waals surface area contributed by atoms with E-state index in [2.05, 4.69) is 44.2 Å². The molecule has 2 aromatic heterocycles. The first-order valence-electron chi connectivity index (χ1n) is 11.7. The Hall–Kier alpha value is -2.41. The Morgan fingerprint density at radius 1 is 1.09 bits per heavy atom. The van der Waals surface area contributed by atoms with Gasteiger partial charge in [0.2, 0.25) is 0 Å². The van der Waals surface area contributed by atoms with Gasteiger partial charge in [-0.3, -0.25) is 9.36 Å². The Kier molecular flexibility index (Phi) is 6.67. The molecule has 1 atom stereocenters. The topological polar surface area (TPSA) is 39.3 Å². The lowest BCUT2D eigenvalue weighted by molar-refractivity contribution is -0.929. The van der Waals surface area contributed by atoms with Gasteiger partial charge in [0.1, 0.15) is 17.9 Å². The minimum Gasteiger partial charge on any atom is -0.326 e. The molecule has 0 amide bonds. The second-order valence-electron chi connectivity index (χ2n) is 9.17. The van der Waals surface area contributed by atoms with Gasteiger partial charge in [-0.2, -0.15) is 0 Å². The van der Waals surface area contributed by atoms with Gasteiger partial charge in [-0.05, 0) is 30.0 Å². The molecule has 1 aliphatic heterocycles. The van der Waals surface area contributed by atoms with E-state index in [0.29, 0.717) is 5.92 Å². The van der Waals surface area contributed by atoms with Crippen LogP contribution in [0.15, 0.2) is 70.6 Å². The molecule has 170 valence electrons. The van der Waals surface area contributed by atoms with Crippen molar-refractivity contribution >= 4 is 33.3 Å². The largest absolute Gasteiger partial charge is 0.326 e. The summed E-state index contributed by atoms with van der Waals surface area (Å²) in [5, 5.41) is 1.65. The highest BCUT2D eigenvalue weighted by Gasteiger charge is 2.27. The maximum absolute atomic E-state index is 13.9. The summed E-state index contributed by atoms with van der Waals surface area (Å²) in [6.07, 6.45) is 2.04. The molecule has 5 rings (SSSR count). The number of rotatable bonds is 7. The normalized spacial score (nSPS) is 15.8. The van der Waals surface area contributed by atoms with Gasteiger partial charge in [0.15, 0.2) is 5.16 Å². The van der Waals surface area contributed by atoms with Crippen molar-refractivity contribution in [2.75, 3.05) is 12.3 Å². The molecule has 4 aromatic rings. The van der Waals surface area contributed by atoms with Crippen LogP contribution in [0, 0.1) is 5.92 Å². The SMILES string of the molecule is CC(C)CCSc1nc2sc3c(c2c(=O)n1-c1ccccc1)CC[NH+](Cc1ccccc1)C3. The lowest BCUT2D eigenvalue weighted by Gasteiger charge is -2.24. The lowest BCUT2D eigenvalue weighted by Crippen LogP contribution is -3.10. The van der Waals surface area contributed by atoms with E-state index in [9.17, 15) is 4.79 Å². The van der Waals surface area contributed by atoms with Crippen molar-refractivity contribution in [1.29, 1.82) is 0 Å². The fourth-order valence-corrected chi connectivity index (χ4v) is 7.06. The summed E-state index contributed by atoms with van der Waals surface area (Å²) < 4.78 is 1.84. The van der Waals surface area contributed by atoms with Crippen LogP contribution >= 0.6 is 23.1 Å². The molecule has 0 bridgehead atoms. The van der Waals surface area contributed by atoms with E-state index in [1.54, 1.807) is 28.0 Å². The van der Waals surface area contributed by atoms with E-state index in [4.69, 9.17) is 4.98 Å². The van der Waals surface area contributed by atoms with E-state index in [1.165, 1.54) is 16.0 Å². The van der Waals surface area contributed by atoms with Crippen molar-refractivity contribution in [1.82, 2.24) is 9.55 Å². The van der Waals surface area contributed by atoms with Gasteiger partial charge in [-0.1, -0.05) is 74.1 Å². The molecule has 2 aromatic carbocycles. The molecular formula is C27H30N3OS2+. The van der Waals surface area contributed by atoms with Gasteiger partial charge in [0, 0.05) is 17.7 Å². The minimum absolute atomic E-state index is 0.0854. The first-order chi connectivity index (χ1) is 16.1. The zero-order valence-electron chi connectivity index (χ0n) is 19.2. The van der Waals surface area contributed by atoms with Crippen molar-refractivity contribution in [3.63, 3.8) is 0 Å². The van der Waals surface area contributed by atoms with Crippen LogP contribution in [0.4, 0.5) is 0 Å². The third kappa shape index (κ3) is 4.79. The van der Waals surface area contributed by atoms with E-state index in [1.807, 2.05) is 34.9 Å². The van der Waals surface area contributed by atoms with Gasteiger partial charge in [0.25, 0.3) is 5.56 Å². The summed E-state index contributed by atoms with van der Waals surface area (Å²) in [6.45, 7) is 7.50. The average Bonchev–Trinajstić information content (AvgIpc) is 3.18. The fourth-order valence-electron chi connectivity index (χ4n) is 4.48. The second kappa shape index (κ2) is 9.84. The number of fused-ring (bicyclic) bond motifs is 3. The van der Waals surface area contributed by atoms with Crippen molar-refractivity contribution in [3.8, 4) is 5.69 Å². The van der Waals surface area contributed by atoms with Crippen LogP contribution in [-0.4, -0.2) is 21.8 Å². The van der Waals surface area contributed by atoms with Crippen LogP contribution in [0.2, 0.25) is 0 Å². The zero-order chi connectivity index (χ0) is 22.8. The van der Waals surface area contributed by atoms with Crippen molar-refractivity contribution in [3.05, 3.63) is 87.0 Å². The number of thiophene rings is 1. The molecule has 1 aliphatic rings. The van der Waals surface area contributed by atoms with Gasteiger partial charge in [-0.25, -0.2) is 4.98 Å². The lowest BCUT2D eigenvalue weighted by atomic mass is 10.0. The maximum atomic E-state index is 13.9. The van der Waals surface area contributed by atoms with Crippen LogP contribution in [-0.2, 0) is 19.5 Å². The maximum Gasteiger partial charge on any atom is 0.267 e. The summed E-state index contributed by atoms with van der Waals surface area (Å²) in [5.41, 5.74) is 3.58. The number of thioether (sulfide) groups is 1. The molecule has 0 spiro atoms. The summed E-state index contributed by atoms with van der Waals surface area (Å²) in [4.78, 5) is 22.7. The molecule has 33 heavy (non-hydrogen) atoms.